The highest BCUT2D eigenvalue weighted by Crippen LogP contribution is 2.50. The van der Waals surface area contributed by atoms with Gasteiger partial charge in [-0.05, 0) is 103 Å². The van der Waals surface area contributed by atoms with Gasteiger partial charge < -0.3 is 113 Å². The van der Waals surface area contributed by atoms with Crippen LogP contribution in [0.2, 0.25) is 5.02 Å². The van der Waals surface area contributed by atoms with Crippen LogP contribution in [-0.4, -0.2) is 178 Å². The van der Waals surface area contributed by atoms with E-state index < -0.39 is 245 Å². The van der Waals surface area contributed by atoms with E-state index in [1.807, 2.05) is 13.8 Å². The Balaban J connectivity index is 1.32. The van der Waals surface area contributed by atoms with E-state index in [-0.39, 0.29) is 46.1 Å². The topological polar surface area (TPSA) is 505 Å². The van der Waals surface area contributed by atoms with Gasteiger partial charge in [0.25, 0.3) is 0 Å². The summed E-state index contributed by atoms with van der Waals surface area (Å²) in [5.41, 5.74) is 9.73. The number of carboxylic acids is 1. The minimum atomic E-state index is -2.20. The van der Waals surface area contributed by atoms with Crippen molar-refractivity contribution in [2.75, 3.05) is 13.7 Å². The summed E-state index contributed by atoms with van der Waals surface area (Å²) >= 11 is 7.04. The lowest BCUT2D eigenvalue weighted by molar-refractivity contribution is -0.312. The summed E-state index contributed by atoms with van der Waals surface area (Å²) < 4.78 is 31.7. The lowest BCUT2D eigenvalue weighted by Gasteiger charge is -2.42. The molecule has 11 rings (SSSR count). The van der Waals surface area contributed by atoms with Crippen LogP contribution in [0.3, 0.4) is 0 Å². The molecule has 0 aromatic heterocycles. The van der Waals surface area contributed by atoms with Gasteiger partial charge in [-0.2, -0.15) is 0 Å². The summed E-state index contributed by atoms with van der Waals surface area (Å²) in [4.78, 5) is 117. The van der Waals surface area contributed by atoms with Crippen molar-refractivity contribution in [1.29, 1.82) is 0 Å². The molecule has 5 aromatic carbocycles. The Kier molecular flexibility index (Phi) is 23.7. The molecule has 19 N–H and O–H groups in total. The number of hydrogen-bond donors (Lipinski definition) is 17. The molecular weight excluding hydrogens is 1320 g/mol. The van der Waals surface area contributed by atoms with Crippen molar-refractivity contribution >= 4 is 58.5 Å². The fraction of sp³-hybridized carbons (Fsp3) is 0.441. The van der Waals surface area contributed by atoms with Crippen LogP contribution in [-0.2, 0) is 47.8 Å². The number of Topliss-reactive ketones (excluding diaryl/α,β-unsaturated/α-hetero) is 3. The number of likely N-dealkylation sites (N-methyl/N-ethyl adjacent to an activating group) is 1. The molecule has 532 valence electrons. The van der Waals surface area contributed by atoms with Crippen LogP contribution in [0.15, 0.2) is 84.9 Å². The third-order valence-corrected chi connectivity index (χ3v) is 18.2. The van der Waals surface area contributed by atoms with Crippen LogP contribution in [0, 0.1) is 17.8 Å². The Morgan fingerprint density at radius 1 is 0.737 bits per heavy atom. The van der Waals surface area contributed by atoms with Gasteiger partial charge >= 0.3 is 5.97 Å². The number of halogens is 1. The monoisotopic (exact) mass is 1400 g/mol. The van der Waals surface area contributed by atoms with Crippen molar-refractivity contribution in [3.8, 4) is 57.1 Å². The van der Waals surface area contributed by atoms with E-state index in [0.29, 0.717) is 6.42 Å². The number of ketones is 3. The molecule has 0 saturated carbocycles. The second-order valence-corrected chi connectivity index (χ2v) is 25.8. The number of amides is 4. The number of rotatable bonds is 18. The van der Waals surface area contributed by atoms with Crippen LogP contribution in [0.4, 0.5) is 0 Å². The highest BCUT2D eigenvalue weighted by atomic mass is 35.5. The summed E-state index contributed by atoms with van der Waals surface area (Å²) in [5.74, 6) is -19.6. The number of phenolic OH excluding ortho intramolecular Hbond substituents is 3. The molecule has 17 atom stereocenters. The largest absolute Gasteiger partial charge is 0.508 e. The zero-order chi connectivity index (χ0) is 72.2. The Bertz CT molecular complexity index is 3880. The van der Waals surface area contributed by atoms with Gasteiger partial charge in [0.1, 0.15) is 53.1 Å². The van der Waals surface area contributed by atoms with Crippen molar-refractivity contribution in [3.05, 3.63) is 118 Å². The van der Waals surface area contributed by atoms with Gasteiger partial charge in [-0.25, -0.2) is 4.79 Å². The molecule has 6 heterocycles. The van der Waals surface area contributed by atoms with Gasteiger partial charge in [0, 0.05) is 54.5 Å². The highest BCUT2D eigenvalue weighted by Gasteiger charge is 2.49. The van der Waals surface area contributed by atoms with E-state index in [4.69, 9.17) is 46.8 Å². The van der Waals surface area contributed by atoms with E-state index in [1.54, 1.807) is 6.92 Å². The Morgan fingerprint density at radius 3 is 2.05 bits per heavy atom. The first-order valence-corrected chi connectivity index (χ1v) is 32.2. The molecule has 6 aliphatic heterocycles. The minimum Gasteiger partial charge on any atom is -0.508 e. The zero-order valence-corrected chi connectivity index (χ0v) is 54.6. The molecule has 11 bridgehead atoms. The van der Waals surface area contributed by atoms with Crippen LogP contribution < -0.4 is 46.9 Å². The predicted molar refractivity (Wildman–Crippen MR) is 345 cm³/mol. The summed E-state index contributed by atoms with van der Waals surface area (Å²) in [6, 6.07) is 7.72. The quantitative estimate of drug-likeness (QED) is 0.0559. The molecule has 1 fully saturated rings. The van der Waals surface area contributed by atoms with E-state index in [1.165, 1.54) is 37.4 Å². The molecular formula is C68H79ClN6O24. The number of aromatic hydroxyl groups is 3. The number of carbonyl (C=O) groups excluding carboxylic acids is 7. The maximum absolute atomic E-state index is 16.0. The molecule has 30 nitrogen and oxygen atoms in total. The molecule has 0 aliphatic carbocycles. The number of aliphatic hydroxyl groups is 7. The van der Waals surface area contributed by atoms with E-state index in [0.717, 1.165) is 54.6 Å². The van der Waals surface area contributed by atoms with Crippen LogP contribution >= 0.6 is 11.6 Å². The molecule has 5 aromatic rings. The number of primary amides is 1. The average Bonchev–Trinajstić information content (AvgIpc) is 0.768. The number of benzene rings is 5. The number of aliphatic carboxylic acids is 1. The van der Waals surface area contributed by atoms with Gasteiger partial charge in [-0.1, -0.05) is 56.6 Å². The fourth-order valence-electron chi connectivity index (χ4n) is 12.5. The second-order valence-electron chi connectivity index (χ2n) is 25.4. The van der Waals surface area contributed by atoms with Crippen LogP contribution in [0.1, 0.15) is 124 Å². The lowest BCUT2D eigenvalue weighted by atomic mass is 9.84. The van der Waals surface area contributed by atoms with Gasteiger partial charge in [0.15, 0.2) is 47.3 Å². The van der Waals surface area contributed by atoms with Crippen molar-refractivity contribution in [3.63, 3.8) is 0 Å². The SMILES string of the molecule is CC[C@@H](O)[C@@H](N)CC(O)O[C@H]1[C@H](Oc2c3cc4cc2Oc2ccc(cc2Cl)[C@@H](O)[C@@H]2CC(=O)[C@H](NC(=O)[C@@H]4CC(=O)[C@H](CC(N)=O)NC(=O)[C@H](CC(=O)[C@@H](CC(C)C)NC)[C@H](O)c4ccc(cc4)O3)c3ccc(O)c(c3)-c3c(O)cc(O)cc3[C@@H](C(=O)O)NC2=O)O[C@H](CO)[C@@H](O)[C@@H]1O. The summed E-state index contributed by atoms with van der Waals surface area (Å²) in [7, 11) is 1.53. The fourth-order valence-corrected chi connectivity index (χ4v) is 12.8. The smallest absolute Gasteiger partial charge is 0.330 e. The van der Waals surface area contributed by atoms with E-state index in [9.17, 15) is 80.1 Å². The first kappa shape index (κ1) is 74.3. The van der Waals surface area contributed by atoms with Crippen LogP contribution in [0.25, 0.3) is 11.1 Å². The van der Waals surface area contributed by atoms with Crippen molar-refractivity contribution < 1.29 is 118 Å². The van der Waals surface area contributed by atoms with Gasteiger partial charge in [-0.15, -0.1) is 0 Å². The molecule has 99 heavy (non-hydrogen) atoms. The highest BCUT2D eigenvalue weighted by molar-refractivity contribution is 6.32. The average molecular weight is 1400 g/mol. The minimum absolute atomic E-state index is 0.0223. The maximum Gasteiger partial charge on any atom is 0.330 e. The maximum atomic E-state index is 16.0. The summed E-state index contributed by atoms with van der Waals surface area (Å²) in [6.07, 6.45) is -20.5. The third kappa shape index (κ3) is 16.7. The number of aliphatic hydroxyl groups excluding tert-OH is 7. The zero-order valence-electron chi connectivity index (χ0n) is 53.9. The lowest BCUT2D eigenvalue weighted by Crippen LogP contribution is -2.61. The standard InChI is InChI=1S/C68H79ClN6O24/c1-5-43(78)40(70)24-54(85)98-63-61(89)60(88)52(26-76)97-68(63)99-62-50-17-31-18-51(62)96-49-13-9-30(16-39(49)69)59(87)38-23-48(83)56(29-8-12-44(79)35(15-29)55-36(19-32(77)20-47(55)82)57(67(93)94)75-66(38)92)74-64(90)34(31)21-46(81)42(25-53(71)84)73-65(91)37(22-45(80)41(72-4)14-27(2)3)58(86)28-6-10-33(95-50)11-7-28/h6-13,15-20,27,34,37-38,40-43,52,54,56-61,63,68,72,76-79,82,85-89H,5,14,21-26,70H2,1-4H3,(H2,71,84)(H,73,91)(H,74,90)(H,75,92)(H,93,94)/t34-,37-,38+,40+,41-,42+,43-,52-,54?,56-,57+,58-,59-,60-,61+,63-,68+/m1/s1. The molecule has 0 spiro atoms. The summed E-state index contributed by atoms with van der Waals surface area (Å²) in [5, 5.41) is 134. The molecule has 4 amide bonds. The normalized spacial score (nSPS) is 26.3. The molecule has 0 radical (unpaired) electrons. The second kappa shape index (κ2) is 31.5. The molecule has 1 saturated heterocycles. The van der Waals surface area contributed by atoms with Gasteiger partial charge in [-0.3, -0.25) is 33.6 Å². The van der Waals surface area contributed by atoms with Gasteiger partial charge in [0.05, 0.1) is 66.2 Å². The molecule has 6 aliphatic rings. The van der Waals surface area contributed by atoms with Crippen molar-refractivity contribution in [2.24, 2.45) is 29.2 Å². The number of phenols is 3. The molecule has 1 unspecified atom stereocenters. The number of carbonyl (C=O) groups is 8. The number of ether oxygens (including phenoxy) is 5. The van der Waals surface area contributed by atoms with E-state index in [2.05, 4.69) is 21.3 Å². The first-order chi connectivity index (χ1) is 46.9. The van der Waals surface area contributed by atoms with E-state index >= 15 is 14.4 Å². The first-order valence-electron chi connectivity index (χ1n) is 31.8. The van der Waals surface area contributed by atoms with Crippen LogP contribution in [0.5, 0.6) is 46.0 Å². The van der Waals surface area contributed by atoms with Gasteiger partial charge in [0.2, 0.25) is 35.7 Å². The third-order valence-electron chi connectivity index (χ3n) is 17.9. The van der Waals surface area contributed by atoms with Crippen molar-refractivity contribution in [1.82, 2.24) is 21.3 Å². The Hall–Kier alpha value is -8.89. The number of nitrogens with one attached hydrogen (secondary N) is 4. The number of nitrogens with two attached hydrogens (primary N) is 2. The summed E-state index contributed by atoms with van der Waals surface area (Å²) in [6.45, 7) is 4.37. The predicted octanol–water partition coefficient (Wildman–Crippen LogP) is 2.11. The number of carboxylic acid groups (broad SMARTS) is 1. The number of fused-ring (bicyclic) bond motifs is 15. The Morgan fingerprint density at radius 2 is 1.41 bits per heavy atom. The number of hydrogen-bond acceptors (Lipinski definition) is 25. The van der Waals surface area contributed by atoms with Crippen molar-refractivity contribution in [2.45, 2.75) is 157 Å². The molecule has 31 heteroatoms. The Labute approximate surface area is 570 Å².